The van der Waals surface area contributed by atoms with Gasteiger partial charge in [0.25, 0.3) is 0 Å². The number of rotatable bonds is 5. The van der Waals surface area contributed by atoms with Crippen LogP contribution in [0, 0.1) is 0 Å². The van der Waals surface area contributed by atoms with Gasteiger partial charge in [-0.15, -0.1) is 0 Å². The molecule has 0 spiro atoms. The molecule has 2 aromatic heterocycles. The summed E-state index contributed by atoms with van der Waals surface area (Å²) in [5, 5.41) is 4.21. The fourth-order valence-electron chi connectivity index (χ4n) is 1.56. The summed E-state index contributed by atoms with van der Waals surface area (Å²) in [6, 6.07) is 4.14. The van der Waals surface area contributed by atoms with Crippen LogP contribution in [0.25, 0.3) is 0 Å². The Morgan fingerprint density at radius 2 is 2.17 bits per heavy atom. The smallest absolute Gasteiger partial charge is 0.219 e. The van der Waals surface area contributed by atoms with Crippen molar-refractivity contribution in [3.8, 4) is 11.6 Å². The number of hydrogen-bond acceptors (Lipinski definition) is 4. The molecule has 2 N–H and O–H groups in total. The third-order valence-electron chi connectivity index (χ3n) is 2.56. The fraction of sp³-hybridized carbons (Fsp3) is 0.385. The van der Waals surface area contributed by atoms with E-state index in [0.29, 0.717) is 24.2 Å². The lowest BCUT2D eigenvalue weighted by molar-refractivity contribution is 0.458. The van der Waals surface area contributed by atoms with Gasteiger partial charge in [0.15, 0.2) is 5.75 Å². The topological polar surface area (TPSA) is 66.0 Å². The zero-order chi connectivity index (χ0) is 13.0. The lowest BCUT2D eigenvalue weighted by Crippen LogP contribution is -2.02. The molecule has 0 saturated heterocycles. The average molecular weight is 246 g/mol. The number of ether oxygens (including phenoxy) is 1. The van der Waals surface area contributed by atoms with Gasteiger partial charge in [-0.3, -0.25) is 4.68 Å². The van der Waals surface area contributed by atoms with Crippen LogP contribution in [0.2, 0.25) is 0 Å². The lowest BCUT2D eigenvalue weighted by Gasteiger charge is -2.04. The molecular formula is C13H18N4O. The summed E-state index contributed by atoms with van der Waals surface area (Å²) >= 11 is 0. The minimum atomic E-state index is 0.322. The van der Waals surface area contributed by atoms with E-state index >= 15 is 0 Å². The SMILES string of the molecule is CC(C)n1cc(Oc2ccc(CCN)cn2)cn1. The molecule has 2 rings (SSSR count). The number of nitrogens with zero attached hydrogens (tertiary/aromatic N) is 3. The van der Waals surface area contributed by atoms with E-state index in [2.05, 4.69) is 23.9 Å². The Kier molecular flexibility index (Phi) is 3.94. The standard InChI is InChI=1S/C13H18N4O/c1-10(2)17-9-12(8-16-17)18-13-4-3-11(5-6-14)7-15-13/h3-4,7-10H,5-6,14H2,1-2H3. The lowest BCUT2D eigenvalue weighted by atomic mass is 10.2. The van der Waals surface area contributed by atoms with Crippen molar-refractivity contribution in [1.29, 1.82) is 0 Å². The van der Waals surface area contributed by atoms with E-state index < -0.39 is 0 Å². The second-order valence-corrected chi connectivity index (χ2v) is 4.40. The van der Waals surface area contributed by atoms with Crippen molar-refractivity contribution in [2.75, 3.05) is 6.54 Å². The predicted octanol–water partition coefficient (Wildman–Crippen LogP) is 2.15. The molecule has 2 aromatic rings. The summed E-state index contributed by atoms with van der Waals surface area (Å²) in [6.45, 7) is 4.76. The first-order valence-corrected chi connectivity index (χ1v) is 6.06. The highest BCUT2D eigenvalue weighted by atomic mass is 16.5. The van der Waals surface area contributed by atoms with Gasteiger partial charge in [-0.05, 0) is 32.4 Å². The molecule has 0 atom stereocenters. The first-order chi connectivity index (χ1) is 8.69. The Hall–Kier alpha value is -1.88. The fourth-order valence-corrected chi connectivity index (χ4v) is 1.56. The molecule has 18 heavy (non-hydrogen) atoms. The average Bonchev–Trinajstić information content (AvgIpc) is 2.81. The maximum absolute atomic E-state index is 5.62. The van der Waals surface area contributed by atoms with E-state index in [1.54, 1.807) is 12.4 Å². The minimum absolute atomic E-state index is 0.322. The Morgan fingerprint density at radius 1 is 1.33 bits per heavy atom. The van der Waals surface area contributed by atoms with Crippen LogP contribution in [-0.4, -0.2) is 21.3 Å². The molecule has 96 valence electrons. The quantitative estimate of drug-likeness (QED) is 0.877. The monoisotopic (exact) mass is 246 g/mol. The highest BCUT2D eigenvalue weighted by molar-refractivity contribution is 5.24. The van der Waals surface area contributed by atoms with Crippen molar-refractivity contribution < 1.29 is 4.74 Å². The molecule has 0 aliphatic rings. The third kappa shape index (κ3) is 3.07. The highest BCUT2D eigenvalue weighted by Gasteiger charge is 2.04. The van der Waals surface area contributed by atoms with Crippen molar-refractivity contribution in [1.82, 2.24) is 14.8 Å². The van der Waals surface area contributed by atoms with Crippen LogP contribution in [0.3, 0.4) is 0 Å². The van der Waals surface area contributed by atoms with Crippen LogP contribution < -0.4 is 10.5 Å². The van der Waals surface area contributed by atoms with Crippen molar-refractivity contribution in [2.45, 2.75) is 26.3 Å². The second kappa shape index (κ2) is 5.64. The van der Waals surface area contributed by atoms with E-state index in [0.717, 1.165) is 12.0 Å². The van der Waals surface area contributed by atoms with Crippen molar-refractivity contribution in [3.63, 3.8) is 0 Å². The first-order valence-electron chi connectivity index (χ1n) is 6.06. The van der Waals surface area contributed by atoms with Crippen LogP contribution in [0.4, 0.5) is 0 Å². The first kappa shape index (κ1) is 12.6. The normalized spacial score (nSPS) is 10.9. The minimum Gasteiger partial charge on any atom is -0.436 e. The van der Waals surface area contributed by atoms with Gasteiger partial charge in [0, 0.05) is 18.3 Å². The Bertz CT molecular complexity index is 490. The maximum Gasteiger partial charge on any atom is 0.219 e. The zero-order valence-electron chi connectivity index (χ0n) is 10.7. The molecule has 5 heteroatoms. The predicted molar refractivity (Wildman–Crippen MR) is 69.7 cm³/mol. The van der Waals surface area contributed by atoms with E-state index in [4.69, 9.17) is 10.5 Å². The van der Waals surface area contributed by atoms with Crippen LogP contribution in [0.5, 0.6) is 11.6 Å². The summed E-state index contributed by atoms with van der Waals surface area (Å²) in [7, 11) is 0. The van der Waals surface area contributed by atoms with E-state index in [1.165, 1.54) is 0 Å². The van der Waals surface area contributed by atoms with Gasteiger partial charge in [-0.1, -0.05) is 6.07 Å². The van der Waals surface area contributed by atoms with Crippen LogP contribution >= 0.6 is 0 Å². The molecule has 2 heterocycles. The molecule has 5 nitrogen and oxygen atoms in total. The van der Waals surface area contributed by atoms with E-state index in [9.17, 15) is 0 Å². The summed E-state index contributed by atoms with van der Waals surface area (Å²) in [4.78, 5) is 4.23. The van der Waals surface area contributed by atoms with Gasteiger partial charge in [0.1, 0.15) is 0 Å². The van der Waals surface area contributed by atoms with Gasteiger partial charge in [-0.25, -0.2) is 4.98 Å². The van der Waals surface area contributed by atoms with E-state index in [-0.39, 0.29) is 0 Å². The van der Waals surface area contributed by atoms with Crippen LogP contribution in [-0.2, 0) is 6.42 Å². The Balaban J connectivity index is 2.03. The molecule has 0 fully saturated rings. The Morgan fingerprint density at radius 3 is 2.72 bits per heavy atom. The maximum atomic E-state index is 5.62. The van der Waals surface area contributed by atoms with Crippen LogP contribution in [0.1, 0.15) is 25.5 Å². The summed E-state index contributed by atoms with van der Waals surface area (Å²) in [6.07, 6.45) is 6.17. The van der Waals surface area contributed by atoms with Crippen LogP contribution in [0.15, 0.2) is 30.7 Å². The van der Waals surface area contributed by atoms with Gasteiger partial charge < -0.3 is 10.5 Å². The molecule has 0 amide bonds. The highest BCUT2D eigenvalue weighted by Crippen LogP contribution is 2.19. The molecule has 0 aromatic carbocycles. The van der Waals surface area contributed by atoms with Gasteiger partial charge >= 0.3 is 0 Å². The number of nitrogens with two attached hydrogens (primary N) is 1. The molecule has 0 aliphatic carbocycles. The van der Waals surface area contributed by atoms with E-state index in [1.807, 2.05) is 23.0 Å². The molecule has 0 saturated carbocycles. The van der Waals surface area contributed by atoms with Gasteiger partial charge in [0.05, 0.1) is 12.4 Å². The molecule has 0 aliphatic heterocycles. The number of hydrogen-bond donors (Lipinski definition) is 1. The third-order valence-corrected chi connectivity index (χ3v) is 2.56. The molecule has 0 radical (unpaired) electrons. The summed E-state index contributed by atoms with van der Waals surface area (Å²) in [5.41, 5.74) is 6.60. The van der Waals surface area contributed by atoms with Crippen molar-refractivity contribution in [2.24, 2.45) is 5.73 Å². The number of pyridine rings is 1. The van der Waals surface area contributed by atoms with Gasteiger partial charge in [0.2, 0.25) is 5.88 Å². The molecule has 0 bridgehead atoms. The summed E-state index contributed by atoms with van der Waals surface area (Å²) in [5.74, 6) is 1.27. The van der Waals surface area contributed by atoms with Gasteiger partial charge in [-0.2, -0.15) is 5.10 Å². The Labute approximate surface area is 107 Å². The largest absolute Gasteiger partial charge is 0.436 e. The summed E-state index contributed by atoms with van der Waals surface area (Å²) < 4.78 is 7.46. The van der Waals surface area contributed by atoms with Crippen molar-refractivity contribution in [3.05, 3.63) is 36.3 Å². The second-order valence-electron chi connectivity index (χ2n) is 4.40. The molecular weight excluding hydrogens is 228 g/mol. The van der Waals surface area contributed by atoms with Crippen molar-refractivity contribution >= 4 is 0 Å². The zero-order valence-corrected chi connectivity index (χ0v) is 10.7. The number of aromatic nitrogens is 3. The molecule has 0 unspecified atom stereocenters.